The third-order valence-electron chi connectivity index (χ3n) is 3.57. The van der Waals surface area contributed by atoms with Crippen LogP contribution in [-0.4, -0.2) is 29.1 Å². The van der Waals surface area contributed by atoms with Crippen molar-refractivity contribution in [1.82, 2.24) is 10.3 Å². The summed E-state index contributed by atoms with van der Waals surface area (Å²) in [6.45, 7) is -0.273. The van der Waals surface area contributed by atoms with Gasteiger partial charge in [0.1, 0.15) is 17.3 Å². The zero-order valence-corrected chi connectivity index (χ0v) is 14.6. The quantitative estimate of drug-likeness (QED) is 0.326. The van der Waals surface area contributed by atoms with Crippen LogP contribution in [0.2, 0.25) is 0 Å². The Kier molecular flexibility index (Phi) is 6.94. The van der Waals surface area contributed by atoms with Gasteiger partial charge < -0.3 is 21.5 Å². The van der Waals surface area contributed by atoms with Gasteiger partial charge in [0.05, 0.1) is 12.3 Å². The minimum Gasteiger partial charge on any atom is -0.396 e. The summed E-state index contributed by atoms with van der Waals surface area (Å²) in [6.07, 6.45) is -2.22. The van der Waals surface area contributed by atoms with Crippen LogP contribution in [-0.2, 0) is 17.5 Å². The Morgan fingerprint density at radius 3 is 2.64 bits per heavy atom. The molecule has 0 unspecified atom stereocenters. The van der Waals surface area contributed by atoms with Gasteiger partial charge in [0, 0.05) is 24.7 Å². The number of aliphatic hydroxyl groups excluding tert-OH is 1. The van der Waals surface area contributed by atoms with Crippen LogP contribution >= 0.6 is 0 Å². The van der Waals surface area contributed by atoms with Gasteiger partial charge in [-0.1, -0.05) is 6.07 Å². The van der Waals surface area contributed by atoms with Gasteiger partial charge in [0.15, 0.2) is 0 Å². The van der Waals surface area contributed by atoms with Crippen LogP contribution in [0.15, 0.2) is 36.4 Å². The number of rotatable bonds is 7. The van der Waals surface area contributed by atoms with Crippen LogP contribution in [0.5, 0.6) is 0 Å². The van der Waals surface area contributed by atoms with Crippen molar-refractivity contribution in [3.8, 4) is 0 Å². The number of nitrogens with two attached hydrogens (primary N) is 1. The maximum atomic E-state index is 13.4. The van der Waals surface area contributed by atoms with Gasteiger partial charge in [0.2, 0.25) is 5.91 Å². The van der Waals surface area contributed by atoms with Gasteiger partial charge in [0.25, 0.3) is 0 Å². The highest BCUT2D eigenvalue weighted by atomic mass is 19.4. The van der Waals surface area contributed by atoms with Crippen LogP contribution in [0.25, 0.3) is 6.08 Å². The summed E-state index contributed by atoms with van der Waals surface area (Å²) in [4.78, 5) is 15.4. The van der Waals surface area contributed by atoms with Crippen molar-refractivity contribution in [3.63, 3.8) is 0 Å². The van der Waals surface area contributed by atoms with Crippen molar-refractivity contribution in [2.75, 3.05) is 24.2 Å². The number of aliphatic hydroxyl groups is 1. The predicted octanol–water partition coefficient (Wildman–Crippen LogP) is 2.56. The molecule has 1 amide bonds. The van der Waals surface area contributed by atoms with Gasteiger partial charge in [-0.05, 0) is 35.9 Å². The molecule has 0 bridgehead atoms. The summed E-state index contributed by atoms with van der Waals surface area (Å²) < 4.78 is 51.8. The monoisotopic (exact) mass is 398 g/mol. The molecule has 0 atom stereocenters. The molecule has 0 aliphatic heterocycles. The molecule has 0 saturated heterocycles. The second-order valence-corrected chi connectivity index (χ2v) is 5.69. The summed E-state index contributed by atoms with van der Waals surface area (Å²) in [7, 11) is 0. The number of amides is 1. The Morgan fingerprint density at radius 1 is 1.25 bits per heavy atom. The third kappa shape index (κ3) is 5.95. The number of alkyl halides is 3. The molecule has 1 aromatic heterocycles. The number of hydrogen-bond donors (Lipinski definition) is 4. The molecule has 150 valence electrons. The SMILES string of the molecule is Nc1ccc(CNC(=O)/C=C/c2ccc(C(F)(F)F)nc2NCCO)cc1F. The number of anilines is 2. The fourth-order valence-electron chi connectivity index (χ4n) is 2.17. The average Bonchev–Trinajstić information content (AvgIpc) is 2.65. The Balaban J connectivity index is 2.08. The van der Waals surface area contributed by atoms with E-state index in [9.17, 15) is 22.4 Å². The lowest BCUT2D eigenvalue weighted by Crippen LogP contribution is -2.20. The van der Waals surface area contributed by atoms with E-state index in [1.165, 1.54) is 18.2 Å². The van der Waals surface area contributed by atoms with Gasteiger partial charge >= 0.3 is 6.18 Å². The number of halogens is 4. The molecule has 0 aliphatic carbocycles. The van der Waals surface area contributed by atoms with E-state index < -0.39 is 23.6 Å². The topological polar surface area (TPSA) is 100 Å². The smallest absolute Gasteiger partial charge is 0.396 e. The number of nitrogens with zero attached hydrogens (tertiary/aromatic N) is 1. The molecule has 6 nitrogen and oxygen atoms in total. The number of aromatic nitrogens is 1. The first-order valence-corrected chi connectivity index (χ1v) is 8.13. The van der Waals surface area contributed by atoms with Crippen molar-refractivity contribution < 1.29 is 27.5 Å². The molecular formula is C18H18F4N4O2. The van der Waals surface area contributed by atoms with Crippen molar-refractivity contribution in [2.45, 2.75) is 12.7 Å². The van der Waals surface area contributed by atoms with Crippen LogP contribution in [0.3, 0.4) is 0 Å². The van der Waals surface area contributed by atoms with Crippen molar-refractivity contribution in [1.29, 1.82) is 0 Å². The molecule has 0 saturated carbocycles. The normalized spacial score (nSPS) is 11.6. The van der Waals surface area contributed by atoms with E-state index in [4.69, 9.17) is 10.8 Å². The maximum absolute atomic E-state index is 13.4. The van der Waals surface area contributed by atoms with Gasteiger partial charge in [-0.2, -0.15) is 13.2 Å². The molecular weight excluding hydrogens is 380 g/mol. The predicted molar refractivity (Wildman–Crippen MR) is 96.5 cm³/mol. The molecule has 1 aromatic carbocycles. The second-order valence-electron chi connectivity index (χ2n) is 5.69. The summed E-state index contributed by atoms with van der Waals surface area (Å²) in [6, 6.07) is 6.07. The molecule has 0 radical (unpaired) electrons. The standard InChI is InChI=1S/C18H18F4N4O2/c19-13-9-11(1-4-14(13)23)10-25-16(28)6-3-12-2-5-15(18(20,21)22)26-17(12)24-7-8-27/h1-6,9,27H,7-8,10,23H2,(H,24,26)(H,25,28)/b6-3+. The van der Waals surface area contributed by atoms with Gasteiger partial charge in [-0.25, -0.2) is 9.37 Å². The van der Waals surface area contributed by atoms with Gasteiger partial charge in [-0.3, -0.25) is 4.79 Å². The molecule has 0 spiro atoms. The lowest BCUT2D eigenvalue weighted by atomic mass is 10.2. The van der Waals surface area contributed by atoms with E-state index >= 15 is 0 Å². The molecule has 0 aliphatic rings. The second kappa shape index (κ2) is 9.18. The number of benzene rings is 1. The lowest BCUT2D eigenvalue weighted by Gasteiger charge is -2.11. The van der Waals surface area contributed by atoms with Crippen molar-refractivity contribution >= 4 is 23.5 Å². The highest BCUT2D eigenvalue weighted by molar-refractivity contribution is 5.92. The van der Waals surface area contributed by atoms with Crippen molar-refractivity contribution in [3.05, 3.63) is 59.0 Å². The molecule has 0 fully saturated rings. The number of hydrogen-bond acceptors (Lipinski definition) is 5. The zero-order valence-electron chi connectivity index (χ0n) is 14.6. The van der Waals surface area contributed by atoms with E-state index in [1.54, 1.807) is 6.07 Å². The number of nitrogens with one attached hydrogen (secondary N) is 2. The largest absolute Gasteiger partial charge is 0.433 e. The lowest BCUT2D eigenvalue weighted by molar-refractivity contribution is -0.141. The molecule has 2 rings (SSSR count). The van der Waals surface area contributed by atoms with E-state index in [1.807, 2.05) is 0 Å². The fraction of sp³-hybridized carbons (Fsp3) is 0.222. The van der Waals surface area contributed by atoms with Crippen LogP contribution in [0.1, 0.15) is 16.8 Å². The molecule has 5 N–H and O–H groups in total. The number of carbonyl (C=O) groups excluding carboxylic acids is 1. The molecule has 28 heavy (non-hydrogen) atoms. The first-order chi connectivity index (χ1) is 13.2. The summed E-state index contributed by atoms with van der Waals surface area (Å²) in [5, 5.41) is 13.9. The van der Waals surface area contributed by atoms with E-state index in [0.717, 1.165) is 18.2 Å². The highest BCUT2D eigenvalue weighted by Gasteiger charge is 2.32. The van der Waals surface area contributed by atoms with Crippen LogP contribution in [0, 0.1) is 5.82 Å². The fourth-order valence-corrected chi connectivity index (χ4v) is 2.17. The molecule has 1 heterocycles. The Hall–Kier alpha value is -3.14. The van der Waals surface area contributed by atoms with Crippen molar-refractivity contribution in [2.24, 2.45) is 0 Å². The number of nitrogen functional groups attached to an aromatic ring is 1. The first-order valence-electron chi connectivity index (χ1n) is 8.13. The maximum Gasteiger partial charge on any atom is 0.433 e. The zero-order chi connectivity index (χ0) is 20.7. The van der Waals surface area contributed by atoms with Crippen LogP contribution < -0.4 is 16.4 Å². The highest BCUT2D eigenvalue weighted by Crippen LogP contribution is 2.29. The third-order valence-corrected chi connectivity index (χ3v) is 3.57. The number of pyridine rings is 1. The molecule has 2 aromatic rings. The summed E-state index contributed by atoms with van der Waals surface area (Å²) in [5.74, 6) is -1.25. The summed E-state index contributed by atoms with van der Waals surface area (Å²) in [5.41, 5.74) is 4.99. The minimum absolute atomic E-state index is 0.00677. The average molecular weight is 398 g/mol. The van der Waals surface area contributed by atoms with Gasteiger partial charge in [-0.15, -0.1) is 0 Å². The minimum atomic E-state index is -4.62. The molecule has 10 heteroatoms. The summed E-state index contributed by atoms with van der Waals surface area (Å²) >= 11 is 0. The van der Waals surface area contributed by atoms with E-state index in [0.29, 0.717) is 5.56 Å². The number of carbonyl (C=O) groups is 1. The van der Waals surface area contributed by atoms with Crippen LogP contribution in [0.4, 0.5) is 29.1 Å². The first kappa shape index (κ1) is 21.2. The Labute approximate surface area is 158 Å². The van der Waals surface area contributed by atoms with E-state index in [2.05, 4.69) is 15.6 Å². The van der Waals surface area contributed by atoms with E-state index in [-0.39, 0.29) is 36.8 Å². The Bertz CT molecular complexity index is 869. The Morgan fingerprint density at radius 2 is 2.00 bits per heavy atom.